The van der Waals surface area contributed by atoms with Gasteiger partial charge in [-0.3, -0.25) is 4.98 Å². The summed E-state index contributed by atoms with van der Waals surface area (Å²) in [5.41, 5.74) is 6.48. The summed E-state index contributed by atoms with van der Waals surface area (Å²) in [5, 5.41) is 15.2. The Morgan fingerprint density at radius 3 is 2.61 bits per heavy atom. The Hall–Kier alpha value is -2.60. The molecule has 2 aromatic heterocycles. The third-order valence-electron chi connectivity index (χ3n) is 6.08. The molecule has 0 amide bonds. The smallest absolute Gasteiger partial charge is 0.207 e. The van der Waals surface area contributed by atoms with Crippen LogP contribution in [0.5, 0.6) is 0 Å². The summed E-state index contributed by atoms with van der Waals surface area (Å²) in [7, 11) is 0. The first-order valence-corrected chi connectivity index (χ1v) is 10.3. The Morgan fingerprint density at radius 2 is 1.86 bits per heavy atom. The Balaban J connectivity index is 1.86. The van der Waals surface area contributed by atoms with Crippen LogP contribution in [0.2, 0.25) is 0 Å². The van der Waals surface area contributed by atoms with Crippen molar-refractivity contribution >= 4 is 0 Å². The lowest BCUT2D eigenvalue weighted by Crippen LogP contribution is -2.25. The maximum atomic E-state index is 6.23. The Labute approximate surface area is 164 Å². The molecule has 1 saturated heterocycles. The first-order valence-electron chi connectivity index (χ1n) is 10.3. The highest BCUT2D eigenvalue weighted by Gasteiger charge is 2.39. The largest absolute Gasteiger partial charge is 0.369 e. The number of hydrogen-bond donors (Lipinski definition) is 1. The molecule has 5 rings (SSSR count). The van der Waals surface area contributed by atoms with Crippen molar-refractivity contribution in [3.05, 3.63) is 47.3 Å². The summed E-state index contributed by atoms with van der Waals surface area (Å²) in [6.07, 6.45) is 7.67. The quantitative estimate of drug-likeness (QED) is 0.694. The first-order chi connectivity index (χ1) is 13.8. The normalized spacial score (nSPS) is 22.0. The van der Waals surface area contributed by atoms with E-state index in [4.69, 9.17) is 9.72 Å². The van der Waals surface area contributed by atoms with Gasteiger partial charge in [0, 0.05) is 12.3 Å². The zero-order valence-electron chi connectivity index (χ0n) is 16.2. The molecule has 144 valence electrons. The van der Waals surface area contributed by atoms with Crippen molar-refractivity contribution in [1.82, 2.24) is 25.6 Å². The SMILES string of the molecule is CC1(c2nc3c(c(-c4ccccc4)c2-c2nn[nH]n2)CCCCC3)CCCO1. The molecule has 1 aliphatic carbocycles. The van der Waals surface area contributed by atoms with Crippen molar-refractivity contribution in [3.63, 3.8) is 0 Å². The number of rotatable bonds is 3. The fourth-order valence-corrected chi connectivity index (χ4v) is 4.68. The zero-order valence-corrected chi connectivity index (χ0v) is 16.2. The molecular formula is C22H25N5O. The summed E-state index contributed by atoms with van der Waals surface area (Å²) < 4.78 is 6.23. The Bertz CT molecular complexity index is 962. The molecule has 3 aromatic rings. The van der Waals surface area contributed by atoms with E-state index in [-0.39, 0.29) is 0 Å². The van der Waals surface area contributed by atoms with E-state index in [1.807, 2.05) is 0 Å². The molecule has 2 aliphatic rings. The van der Waals surface area contributed by atoms with Gasteiger partial charge in [-0.05, 0) is 67.4 Å². The second-order valence-electron chi connectivity index (χ2n) is 7.98. The summed E-state index contributed by atoms with van der Waals surface area (Å²) in [6.45, 7) is 2.92. The molecule has 3 heterocycles. The lowest BCUT2D eigenvalue weighted by atomic mass is 9.84. The van der Waals surface area contributed by atoms with Crippen LogP contribution in [0.25, 0.3) is 22.5 Å². The number of tetrazole rings is 1. The molecule has 0 spiro atoms. The molecule has 6 heteroatoms. The number of aryl methyl sites for hydroxylation is 1. The van der Waals surface area contributed by atoms with Crippen LogP contribution in [0.15, 0.2) is 30.3 Å². The highest BCUT2D eigenvalue weighted by Crippen LogP contribution is 2.45. The molecule has 1 aromatic carbocycles. The van der Waals surface area contributed by atoms with Crippen LogP contribution >= 0.6 is 0 Å². The Morgan fingerprint density at radius 1 is 1.00 bits per heavy atom. The van der Waals surface area contributed by atoms with Crippen molar-refractivity contribution < 1.29 is 4.74 Å². The number of nitrogens with one attached hydrogen (secondary N) is 1. The van der Waals surface area contributed by atoms with Crippen LogP contribution in [-0.4, -0.2) is 32.2 Å². The third kappa shape index (κ3) is 2.92. The second-order valence-corrected chi connectivity index (χ2v) is 7.98. The fourth-order valence-electron chi connectivity index (χ4n) is 4.68. The van der Waals surface area contributed by atoms with Crippen LogP contribution in [0.3, 0.4) is 0 Å². The topological polar surface area (TPSA) is 76.6 Å². The summed E-state index contributed by atoms with van der Waals surface area (Å²) in [6, 6.07) is 10.6. The van der Waals surface area contributed by atoms with Crippen molar-refractivity contribution in [1.29, 1.82) is 0 Å². The highest BCUT2D eigenvalue weighted by atomic mass is 16.5. The van der Waals surface area contributed by atoms with Gasteiger partial charge in [0.05, 0.1) is 11.3 Å². The fraction of sp³-hybridized carbons (Fsp3) is 0.455. The third-order valence-corrected chi connectivity index (χ3v) is 6.08. The molecule has 6 nitrogen and oxygen atoms in total. The number of nitrogens with zero attached hydrogens (tertiary/aromatic N) is 4. The van der Waals surface area contributed by atoms with Gasteiger partial charge in [0.25, 0.3) is 0 Å². The monoisotopic (exact) mass is 375 g/mol. The zero-order chi connectivity index (χ0) is 19.0. The molecule has 1 atom stereocenters. The molecule has 1 N–H and O–H groups in total. The van der Waals surface area contributed by atoms with Gasteiger partial charge in [-0.2, -0.15) is 5.21 Å². The lowest BCUT2D eigenvalue weighted by molar-refractivity contribution is 0.0136. The van der Waals surface area contributed by atoms with E-state index in [9.17, 15) is 0 Å². The number of fused-ring (bicyclic) bond motifs is 1. The second kappa shape index (κ2) is 7.09. The maximum absolute atomic E-state index is 6.23. The predicted molar refractivity (Wildman–Crippen MR) is 107 cm³/mol. The number of ether oxygens (including phenoxy) is 1. The van der Waals surface area contributed by atoms with Crippen molar-refractivity contribution in [3.8, 4) is 22.5 Å². The predicted octanol–water partition coefficient (Wildman–Crippen LogP) is 4.22. The molecule has 0 bridgehead atoms. The average Bonchev–Trinajstić information content (AvgIpc) is 3.35. The minimum Gasteiger partial charge on any atom is -0.369 e. The average molecular weight is 375 g/mol. The first kappa shape index (κ1) is 17.5. The van der Waals surface area contributed by atoms with Gasteiger partial charge >= 0.3 is 0 Å². The van der Waals surface area contributed by atoms with E-state index in [2.05, 4.69) is 57.9 Å². The highest BCUT2D eigenvalue weighted by molar-refractivity contribution is 5.85. The minimum absolute atomic E-state index is 0.416. The van der Waals surface area contributed by atoms with E-state index in [0.717, 1.165) is 43.5 Å². The number of benzene rings is 1. The number of pyridine rings is 1. The van der Waals surface area contributed by atoms with Crippen LogP contribution in [-0.2, 0) is 23.2 Å². The van der Waals surface area contributed by atoms with Gasteiger partial charge in [0.15, 0.2) is 0 Å². The number of aromatic nitrogens is 5. The minimum atomic E-state index is -0.416. The van der Waals surface area contributed by atoms with E-state index in [1.54, 1.807) is 0 Å². The number of H-pyrrole nitrogens is 1. The van der Waals surface area contributed by atoms with Crippen molar-refractivity contribution in [2.75, 3.05) is 6.61 Å². The Kier molecular flexibility index (Phi) is 4.43. The molecule has 0 saturated carbocycles. The van der Waals surface area contributed by atoms with Gasteiger partial charge in [-0.1, -0.05) is 36.8 Å². The van der Waals surface area contributed by atoms with Gasteiger partial charge in [-0.25, -0.2) is 0 Å². The van der Waals surface area contributed by atoms with Crippen LogP contribution < -0.4 is 0 Å². The molecule has 1 unspecified atom stereocenters. The van der Waals surface area contributed by atoms with E-state index in [1.165, 1.54) is 41.6 Å². The summed E-state index contributed by atoms with van der Waals surface area (Å²) in [5.74, 6) is 0.602. The van der Waals surface area contributed by atoms with Crippen LogP contribution in [0.1, 0.15) is 56.0 Å². The summed E-state index contributed by atoms with van der Waals surface area (Å²) >= 11 is 0. The van der Waals surface area contributed by atoms with E-state index < -0.39 is 5.60 Å². The standard InChI is InChI=1S/C22H25N5O/c1-22(13-8-14-28-22)20-19(21-24-26-27-25-21)18(15-9-4-2-5-10-15)16-11-6-3-7-12-17(16)23-20/h2,4-5,9-10H,3,6-8,11-14H2,1H3,(H,24,25,26,27). The van der Waals surface area contributed by atoms with Crippen molar-refractivity contribution in [2.45, 2.75) is 57.5 Å². The van der Waals surface area contributed by atoms with Crippen LogP contribution in [0, 0.1) is 0 Å². The lowest BCUT2D eigenvalue weighted by Gasteiger charge is -2.28. The number of hydrogen-bond acceptors (Lipinski definition) is 5. The van der Waals surface area contributed by atoms with Gasteiger partial charge in [-0.15, -0.1) is 10.2 Å². The van der Waals surface area contributed by atoms with Gasteiger partial charge in [0.2, 0.25) is 5.82 Å². The van der Waals surface area contributed by atoms with Crippen molar-refractivity contribution in [2.24, 2.45) is 0 Å². The number of aromatic amines is 1. The van der Waals surface area contributed by atoms with Crippen LogP contribution in [0.4, 0.5) is 0 Å². The maximum Gasteiger partial charge on any atom is 0.207 e. The van der Waals surface area contributed by atoms with Gasteiger partial charge < -0.3 is 4.74 Å². The molecule has 0 radical (unpaired) electrons. The molecular weight excluding hydrogens is 350 g/mol. The van der Waals surface area contributed by atoms with Gasteiger partial charge in [0.1, 0.15) is 5.60 Å². The van der Waals surface area contributed by atoms with E-state index >= 15 is 0 Å². The van der Waals surface area contributed by atoms with E-state index in [0.29, 0.717) is 5.82 Å². The summed E-state index contributed by atoms with van der Waals surface area (Å²) in [4.78, 5) is 5.22. The molecule has 1 fully saturated rings. The molecule has 1 aliphatic heterocycles. The molecule has 28 heavy (non-hydrogen) atoms.